The topological polar surface area (TPSA) is 38.7 Å². The van der Waals surface area contributed by atoms with Gasteiger partial charge in [-0.25, -0.2) is 15.0 Å². The monoisotopic (exact) mass is 643 g/mol. The van der Waals surface area contributed by atoms with Crippen LogP contribution in [0, 0.1) is 0 Å². The smallest absolute Gasteiger partial charge is 0.164 e. The quantitative estimate of drug-likeness (QED) is 0.181. The molecule has 230 valence electrons. The Morgan fingerprint density at radius 2 is 0.714 bits per heavy atom. The second-order valence-electron chi connectivity index (χ2n) is 12.1. The minimum atomic E-state index is 0.643. The van der Waals surface area contributed by atoms with Gasteiger partial charge in [0.15, 0.2) is 17.5 Å². The number of thiophene rings is 1. The predicted molar refractivity (Wildman–Crippen MR) is 205 cm³/mol. The van der Waals surface area contributed by atoms with Gasteiger partial charge in [0.2, 0.25) is 0 Å². The summed E-state index contributed by atoms with van der Waals surface area (Å²) in [5.74, 6) is 1.93. The maximum Gasteiger partial charge on any atom is 0.164 e. The summed E-state index contributed by atoms with van der Waals surface area (Å²) in [6.07, 6.45) is 0. The Kier molecular flexibility index (Phi) is 7.34. The molecule has 3 nitrogen and oxygen atoms in total. The highest BCUT2D eigenvalue weighted by Crippen LogP contribution is 2.42. The van der Waals surface area contributed by atoms with E-state index in [0.717, 1.165) is 27.8 Å². The summed E-state index contributed by atoms with van der Waals surface area (Å²) < 4.78 is 2.47. The average Bonchev–Trinajstić information content (AvgIpc) is 3.57. The third-order valence-electron chi connectivity index (χ3n) is 8.96. The first-order chi connectivity index (χ1) is 24.3. The summed E-state index contributed by atoms with van der Waals surface area (Å²) in [6.45, 7) is 0. The third kappa shape index (κ3) is 5.58. The second-order valence-corrected chi connectivity index (χ2v) is 13.1. The lowest BCUT2D eigenvalue weighted by molar-refractivity contribution is 1.07. The summed E-state index contributed by atoms with van der Waals surface area (Å²) >= 11 is 1.81. The van der Waals surface area contributed by atoms with Gasteiger partial charge in [0.1, 0.15) is 0 Å². The van der Waals surface area contributed by atoms with Crippen LogP contribution in [0.2, 0.25) is 0 Å². The van der Waals surface area contributed by atoms with Crippen LogP contribution in [0.4, 0.5) is 0 Å². The average molecular weight is 644 g/mol. The van der Waals surface area contributed by atoms with Gasteiger partial charge in [0.25, 0.3) is 0 Å². The Morgan fingerprint density at radius 3 is 1.24 bits per heavy atom. The molecule has 7 aromatic carbocycles. The molecular weight excluding hydrogens is 615 g/mol. The Labute approximate surface area is 288 Å². The van der Waals surface area contributed by atoms with Crippen molar-refractivity contribution < 1.29 is 0 Å². The second kappa shape index (κ2) is 12.4. The van der Waals surface area contributed by atoms with E-state index in [0.29, 0.717) is 17.5 Å². The van der Waals surface area contributed by atoms with Crippen molar-refractivity contribution >= 4 is 31.5 Å². The molecule has 9 aromatic rings. The Balaban J connectivity index is 1.22. The standard InChI is InChI=1S/C45H29N3S/c1-4-12-30(13-5-1)32-20-24-35(25-21-32)43-46-44(36-26-22-33(23-27-36)31-14-6-2-7-15-31)48-45(47-43)37-28-39(34-16-8-3-9-17-34)42-38-18-10-11-19-40(38)49-41(42)29-37/h1-29H. The van der Waals surface area contributed by atoms with Gasteiger partial charge < -0.3 is 0 Å². The molecule has 2 heterocycles. The minimum absolute atomic E-state index is 0.643. The van der Waals surface area contributed by atoms with Crippen LogP contribution in [0.25, 0.3) is 87.7 Å². The summed E-state index contributed by atoms with van der Waals surface area (Å²) in [4.78, 5) is 15.4. The van der Waals surface area contributed by atoms with Crippen molar-refractivity contribution in [2.45, 2.75) is 0 Å². The van der Waals surface area contributed by atoms with Crippen LogP contribution < -0.4 is 0 Å². The lowest BCUT2D eigenvalue weighted by atomic mass is 9.97. The Morgan fingerprint density at radius 1 is 0.306 bits per heavy atom. The van der Waals surface area contributed by atoms with Crippen molar-refractivity contribution in [2.24, 2.45) is 0 Å². The molecule has 9 rings (SSSR count). The maximum atomic E-state index is 5.14. The van der Waals surface area contributed by atoms with Crippen LogP contribution >= 0.6 is 11.3 Å². The lowest BCUT2D eigenvalue weighted by Crippen LogP contribution is -2.00. The molecule has 0 fully saturated rings. The first-order valence-corrected chi connectivity index (χ1v) is 17.2. The van der Waals surface area contributed by atoms with E-state index in [4.69, 9.17) is 15.0 Å². The highest BCUT2D eigenvalue weighted by Gasteiger charge is 2.18. The molecule has 0 spiro atoms. The predicted octanol–water partition coefficient (Wildman–Crippen LogP) is 12.2. The molecule has 0 aliphatic rings. The molecule has 2 aromatic heterocycles. The van der Waals surface area contributed by atoms with Gasteiger partial charge in [0, 0.05) is 36.9 Å². The van der Waals surface area contributed by atoms with E-state index in [9.17, 15) is 0 Å². The van der Waals surface area contributed by atoms with Crippen LogP contribution in [0.5, 0.6) is 0 Å². The number of fused-ring (bicyclic) bond motifs is 3. The van der Waals surface area contributed by atoms with Crippen molar-refractivity contribution in [3.8, 4) is 67.5 Å². The van der Waals surface area contributed by atoms with Crippen molar-refractivity contribution in [3.63, 3.8) is 0 Å². The molecule has 0 saturated heterocycles. The first-order valence-electron chi connectivity index (χ1n) is 16.4. The maximum absolute atomic E-state index is 5.14. The fraction of sp³-hybridized carbons (Fsp3) is 0. The molecule has 0 unspecified atom stereocenters. The van der Waals surface area contributed by atoms with E-state index in [1.165, 1.54) is 42.4 Å². The van der Waals surface area contributed by atoms with Gasteiger partial charge in [-0.15, -0.1) is 11.3 Å². The molecule has 0 saturated carbocycles. The van der Waals surface area contributed by atoms with E-state index in [1.54, 1.807) is 0 Å². The number of benzene rings is 7. The fourth-order valence-electron chi connectivity index (χ4n) is 6.48. The van der Waals surface area contributed by atoms with E-state index in [1.807, 2.05) is 23.5 Å². The summed E-state index contributed by atoms with van der Waals surface area (Å²) in [6, 6.07) is 61.6. The zero-order valence-electron chi connectivity index (χ0n) is 26.5. The molecule has 0 N–H and O–H groups in total. The number of hydrogen-bond donors (Lipinski definition) is 0. The van der Waals surface area contributed by atoms with Gasteiger partial charge in [-0.1, -0.05) is 158 Å². The minimum Gasteiger partial charge on any atom is -0.208 e. The summed E-state index contributed by atoms with van der Waals surface area (Å²) in [5, 5.41) is 2.53. The summed E-state index contributed by atoms with van der Waals surface area (Å²) in [5.41, 5.74) is 9.84. The van der Waals surface area contributed by atoms with Crippen LogP contribution in [0.15, 0.2) is 176 Å². The Hall–Kier alpha value is -6.23. The molecule has 0 bridgehead atoms. The van der Waals surface area contributed by atoms with Crippen LogP contribution in [-0.2, 0) is 0 Å². The van der Waals surface area contributed by atoms with E-state index in [-0.39, 0.29) is 0 Å². The van der Waals surface area contributed by atoms with Crippen molar-refractivity contribution in [1.29, 1.82) is 0 Å². The molecule has 0 radical (unpaired) electrons. The van der Waals surface area contributed by atoms with Gasteiger partial charge >= 0.3 is 0 Å². The van der Waals surface area contributed by atoms with Crippen molar-refractivity contribution in [3.05, 3.63) is 176 Å². The van der Waals surface area contributed by atoms with Crippen LogP contribution in [-0.4, -0.2) is 15.0 Å². The molecule has 4 heteroatoms. The van der Waals surface area contributed by atoms with Crippen LogP contribution in [0.3, 0.4) is 0 Å². The number of nitrogens with zero attached hydrogens (tertiary/aromatic N) is 3. The molecule has 0 aliphatic heterocycles. The SMILES string of the molecule is c1ccc(-c2ccc(-c3nc(-c4ccc(-c5ccccc5)cc4)nc(-c4cc(-c5ccccc5)c5c(c4)sc4ccccc45)n3)cc2)cc1. The normalized spacial score (nSPS) is 11.3. The van der Waals surface area contributed by atoms with Crippen molar-refractivity contribution in [2.75, 3.05) is 0 Å². The molecular formula is C45H29N3S. The number of rotatable bonds is 6. The number of aromatic nitrogens is 3. The third-order valence-corrected chi connectivity index (χ3v) is 10.1. The zero-order chi connectivity index (χ0) is 32.6. The van der Waals surface area contributed by atoms with Gasteiger partial charge in [-0.05, 0) is 51.6 Å². The number of hydrogen-bond acceptors (Lipinski definition) is 4. The van der Waals surface area contributed by atoms with E-state index < -0.39 is 0 Å². The van der Waals surface area contributed by atoms with Crippen molar-refractivity contribution in [1.82, 2.24) is 15.0 Å². The van der Waals surface area contributed by atoms with Gasteiger partial charge in [0.05, 0.1) is 0 Å². The molecule has 0 atom stereocenters. The van der Waals surface area contributed by atoms with Gasteiger partial charge in [-0.3, -0.25) is 0 Å². The highest BCUT2D eigenvalue weighted by molar-refractivity contribution is 7.26. The summed E-state index contributed by atoms with van der Waals surface area (Å²) in [7, 11) is 0. The molecule has 0 aliphatic carbocycles. The first kappa shape index (κ1) is 29.0. The molecule has 49 heavy (non-hydrogen) atoms. The fourth-order valence-corrected chi connectivity index (χ4v) is 7.65. The highest BCUT2D eigenvalue weighted by atomic mass is 32.1. The molecule has 0 amide bonds. The van der Waals surface area contributed by atoms with E-state index >= 15 is 0 Å². The van der Waals surface area contributed by atoms with E-state index in [2.05, 4.69) is 164 Å². The van der Waals surface area contributed by atoms with Gasteiger partial charge in [-0.2, -0.15) is 0 Å². The van der Waals surface area contributed by atoms with Crippen LogP contribution in [0.1, 0.15) is 0 Å². The lowest BCUT2D eigenvalue weighted by Gasteiger charge is -2.12. The zero-order valence-corrected chi connectivity index (χ0v) is 27.3. The Bertz CT molecular complexity index is 2460. The largest absolute Gasteiger partial charge is 0.208 e.